The molecule has 3 N–H and O–H groups in total. The van der Waals surface area contributed by atoms with Gasteiger partial charge in [-0.3, -0.25) is 14.4 Å². The van der Waals surface area contributed by atoms with Crippen molar-refractivity contribution in [2.75, 3.05) is 19.8 Å². The summed E-state index contributed by atoms with van der Waals surface area (Å²) in [5.74, 6) is -3.36. The summed E-state index contributed by atoms with van der Waals surface area (Å²) in [6, 6.07) is 8.68. The third-order valence-electron chi connectivity index (χ3n) is 8.32. The number of nitrogens with one attached hydrogen (secondary N) is 1. The number of aliphatic hydroxyl groups excluding tert-OH is 1. The zero-order valence-corrected chi connectivity index (χ0v) is 30.6. The second-order valence-corrected chi connectivity index (χ2v) is 14.5. The Morgan fingerprint density at radius 3 is 1.55 bits per heavy atom. The molecular weight excluding hydrogens is 617 g/mol. The van der Waals surface area contributed by atoms with Gasteiger partial charge in [-0.25, -0.2) is 9.59 Å². The van der Waals surface area contributed by atoms with Crippen LogP contribution in [0, 0.1) is 0 Å². The second-order valence-electron chi connectivity index (χ2n) is 12.6. The lowest BCUT2D eigenvalue weighted by Crippen LogP contribution is -2.44. The Morgan fingerprint density at radius 2 is 1.09 bits per heavy atom. The van der Waals surface area contributed by atoms with Gasteiger partial charge in [-0.2, -0.15) is 0 Å². The van der Waals surface area contributed by atoms with Gasteiger partial charge in [0.25, 0.3) is 0 Å². The molecule has 0 radical (unpaired) electrons. The van der Waals surface area contributed by atoms with Gasteiger partial charge < -0.3 is 19.5 Å². The van der Waals surface area contributed by atoms with Crippen molar-refractivity contribution < 1.29 is 38.2 Å². The fourth-order valence-electron chi connectivity index (χ4n) is 5.35. The highest BCUT2D eigenvalue weighted by Crippen LogP contribution is 2.56. The molecule has 0 saturated carbocycles. The summed E-state index contributed by atoms with van der Waals surface area (Å²) in [6.45, 7) is 6.63. The summed E-state index contributed by atoms with van der Waals surface area (Å²) in [7, 11) is -4.67. The highest BCUT2D eigenvalue weighted by atomic mass is 31.2. The number of unbranched alkanes of at least 4 members (excludes halogenated alkanes) is 17. The average molecular weight is 684 g/mol. The fourth-order valence-corrected chi connectivity index (χ4v) is 6.90. The van der Waals surface area contributed by atoms with Gasteiger partial charge in [0.05, 0.1) is 13.2 Å². The maximum Gasteiger partial charge on any atom is 0.350 e. The van der Waals surface area contributed by atoms with E-state index in [1.165, 1.54) is 83.5 Å². The molecule has 0 fully saturated rings. The third kappa shape index (κ3) is 20.4. The molecule has 0 saturated heterocycles. The summed E-state index contributed by atoms with van der Waals surface area (Å²) in [5.41, 5.74) is 0.493. The first-order valence-corrected chi connectivity index (χ1v) is 20.2. The monoisotopic (exact) mass is 683 g/mol. The molecule has 0 bridgehead atoms. The third-order valence-corrected chi connectivity index (χ3v) is 9.98. The van der Waals surface area contributed by atoms with Gasteiger partial charge in [0.15, 0.2) is 6.10 Å². The predicted octanol–water partition coefficient (Wildman–Crippen LogP) is 9.15. The standard InChI is InChI=1S/C37H66NO8P/c1-4-7-10-11-12-13-14-15-16-17-18-19-20-21-22-26-29-38-35(32-27-24-23-25-28-32)47(42,43)46-34(37(41)45-31-9-6-3)33(39)36(40)44-30-8-5-2/h23-25,27-28,33-35,38-39H,4-22,26,29-31H2,1-3H3,(H,42,43)/t33-,34-,35?/m1/s1. The highest BCUT2D eigenvalue weighted by Gasteiger charge is 2.44. The van der Waals surface area contributed by atoms with E-state index in [-0.39, 0.29) is 13.2 Å². The maximum atomic E-state index is 13.7. The van der Waals surface area contributed by atoms with E-state index in [4.69, 9.17) is 14.0 Å². The molecular formula is C37H66NO8P. The molecule has 0 aliphatic rings. The number of ether oxygens (including phenoxy) is 2. The van der Waals surface area contributed by atoms with E-state index in [2.05, 4.69) is 12.2 Å². The molecule has 1 aromatic rings. The fraction of sp³-hybridized carbons (Fsp3) is 0.784. The van der Waals surface area contributed by atoms with Crippen molar-refractivity contribution >= 4 is 19.5 Å². The molecule has 0 aromatic heterocycles. The Labute approximate surface area is 285 Å². The van der Waals surface area contributed by atoms with Crippen LogP contribution >= 0.6 is 7.60 Å². The number of rotatable bonds is 31. The van der Waals surface area contributed by atoms with Crippen molar-refractivity contribution in [1.29, 1.82) is 0 Å². The number of hydrogen-bond donors (Lipinski definition) is 3. The molecule has 9 nitrogen and oxygen atoms in total. The van der Waals surface area contributed by atoms with Gasteiger partial charge in [-0.15, -0.1) is 0 Å². The minimum atomic E-state index is -4.67. The van der Waals surface area contributed by atoms with Crippen LogP contribution < -0.4 is 5.32 Å². The first-order chi connectivity index (χ1) is 22.8. The van der Waals surface area contributed by atoms with E-state index in [1.54, 1.807) is 30.3 Å². The van der Waals surface area contributed by atoms with Crippen molar-refractivity contribution in [2.24, 2.45) is 0 Å². The number of hydrogen-bond acceptors (Lipinski definition) is 8. The van der Waals surface area contributed by atoms with E-state index in [0.717, 1.165) is 32.1 Å². The van der Waals surface area contributed by atoms with Crippen LogP contribution in [0.1, 0.15) is 161 Å². The van der Waals surface area contributed by atoms with Crippen LogP contribution in [0.4, 0.5) is 0 Å². The Kier molecular flexibility index (Phi) is 25.9. The van der Waals surface area contributed by atoms with Gasteiger partial charge in [0, 0.05) is 0 Å². The lowest BCUT2D eigenvalue weighted by Gasteiger charge is -2.28. The van der Waals surface area contributed by atoms with Gasteiger partial charge in [-0.05, 0) is 31.4 Å². The molecule has 0 heterocycles. The number of carbonyl (C=O) groups is 2. The molecule has 2 unspecified atom stereocenters. The molecule has 0 aliphatic carbocycles. The van der Waals surface area contributed by atoms with Crippen LogP contribution in [-0.2, 0) is 28.2 Å². The SMILES string of the molecule is CCCCCCCCCCCCCCCCCCNC(c1ccccc1)P(=O)(O)O[C@@H](C(=O)OCCCC)[C@@H](O)C(=O)OCCCC. The van der Waals surface area contributed by atoms with Crippen LogP contribution in [0.3, 0.4) is 0 Å². The Balaban J connectivity index is 2.60. The molecule has 4 atom stereocenters. The van der Waals surface area contributed by atoms with E-state index < -0.39 is 37.5 Å². The number of aliphatic hydroxyl groups is 1. The van der Waals surface area contributed by atoms with Gasteiger partial charge in [0.1, 0.15) is 5.78 Å². The quantitative estimate of drug-likeness (QED) is 0.0398. The lowest BCUT2D eigenvalue weighted by atomic mass is 10.0. The summed E-state index contributed by atoms with van der Waals surface area (Å²) in [5, 5.41) is 13.8. The van der Waals surface area contributed by atoms with Crippen LogP contribution in [-0.4, -0.2) is 53.9 Å². The van der Waals surface area contributed by atoms with Crippen LogP contribution in [0.2, 0.25) is 0 Å². The first-order valence-electron chi connectivity index (χ1n) is 18.6. The van der Waals surface area contributed by atoms with Crippen LogP contribution in [0.25, 0.3) is 0 Å². The maximum absolute atomic E-state index is 13.7. The van der Waals surface area contributed by atoms with Gasteiger partial charge in [-0.1, -0.05) is 160 Å². The average Bonchev–Trinajstić information content (AvgIpc) is 3.06. The van der Waals surface area contributed by atoms with E-state index in [9.17, 15) is 24.2 Å². The summed E-state index contributed by atoms with van der Waals surface area (Å²) in [4.78, 5) is 36.6. The number of benzene rings is 1. The first kappa shape index (κ1) is 43.3. The molecule has 0 spiro atoms. The Hall–Kier alpha value is -1.77. The molecule has 47 heavy (non-hydrogen) atoms. The normalized spacial score (nSPS) is 14.7. The largest absolute Gasteiger partial charge is 0.464 e. The molecule has 1 rings (SSSR count). The minimum absolute atomic E-state index is 0.0299. The highest BCUT2D eigenvalue weighted by molar-refractivity contribution is 7.53. The Morgan fingerprint density at radius 1 is 0.660 bits per heavy atom. The summed E-state index contributed by atoms with van der Waals surface area (Å²) in [6.07, 6.45) is 18.6. The van der Waals surface area contributed by atoms with E-state index in [0.29, 0.717) is 24.9 Å². The second kappa shape index (κ2) is 28.1. The molecule has 1 aromatic carbocycles. The molecule has 10 heteroatoms. The topological polar surface area (TPSA) is 131 Å². The van der Waals surface area contributed by atoms with E-state index in [1.807, 2.05) is 13.8 Å². The number of carbonyl (C=O) groups excluding carboxylic acids is 2. The van der Waals surface area contributed by atoms with Crippen molar-refractivity contribution in [3.05, 3.63) is 35.9 Å². The van der Waals surface area contributed by atoms with Crippen molar-refractivity contribution in [3.63, 3.8) is 0 Å². The summed E-state index contributed by atoms with van der Waals surface area (Å²) < 4.78 is 29.4. The van der Waals surface area contributed by atoms with Crippen molar-refractivity contribution in [2.45, 2.75) is 167 Å². The van der Waals surface area contributed by atoms with Crippen LogP contribution in [0.5, 0.6) is 0 Å². The predicted molar refractivity (Wildman–Crippen MR) is 189 cm³/mol. The molecule has 0 amide bonds. The molecule has 272 valence electrons. The van der Waals surface area contributed by atoms with Crippen LogP contribution in [0.15, 0.2) is 30.3 Å². The summed E-state index contributed by atoms with van der Waals surface area (Å²) >= 11 is 0. The smallest absolute Gasteiger partial charge is 0.350 e. The lowest BCUT2D eigenvalue weighted by molar-refractivity contribution is -0.171. The Bertz CT molecular complexity index is 963. The van der Waals surface area contributed by atoms with E-state index >= 15 is 0 Å². The van der Waals surface area contributed by atoms with Gasteiger partial charge >= 0.3 is 19.5 Å². The number of esters is 2. The van der Waals surface area contributed by atoms with Gasteiger partial charge in [0.2, 0.25) is 6.10 Å². The zero-order chi connectivity index (χ0) is 34.6. The molecule has 0 aliphatic heterocycles. The minimum Gasteiger partial charge on any atom is -0.464 e. The van der Waals surface area contributed by atoms with Crippen molar-refractivity contribution in [1.82, 2.24) is 5.32 Å². The zero-order valence-electron chi connectivity index (χ0n) is 29.7. The van der Waals surface area contributed by atoms with Crippen molar-refractivity contribution in [3.8, 4) is 0 Å².